The molecule has 0 N–H and O–H groups in total. The van der Waals surface area contributed by atoms with Crippen molar-refractivity contribution >= 4 is 11.6 Å². The number of nitrogens with zero attached hydrogens (tertiary/aromatic N) is 4. The Bertz CT molecular complexity index is 778. The minimum atomic E-state index is 0.117. The Kier molecular flexibility index (Phi) is 4.76. The third-order valence-electron chi connectivity index (χ3n) is 5.45. The fourth-order valence-electron chi connectivity index (χ4n) is 3.88. The Morgan fingerprint density at radius 2 is 2.00 bits per heavy atom. The maximum absolute atomic E-state index is 13.0. The first kappa shape index (κ1) is 17.2. The van der Waals surface area contributed by atoms with Crippen LogP contribution in [-0.4, -0.2) is 40.6 Å². The molecule has 26 heavy (non-hydrogen) atoms. The molecular formula is C20H26N4O2. The second-order valence-electron chi connectivity index (χ2n) is 7.62. The SMILES string of the molecule is CC(C)c1noc(CN2CCC(C(=O)N3CCc4ccccc43)CC2)n1. The number of carbonyl (C=O) groups excluding carboxylic acids is 1. The van der Waals surface area contributed by atoms with Crippen LogP contribution in [0.3, 0.4) is 0 Å². The molecule has 1 saturated heterocycles. The lowest BCUT2D eigenvalue weighted by Gasteiger charge is -2.32. The van der Waals surface area contributed by atoms with Crippen molar-refractivity contribution in [2.75, 3.05) is 24.5 Å². The molecule has 6 nitrogen and oxygen atoms in total. The predicted molar refractivity (Wildman–Crippen MR) is 98.9 cm³/mol. The molecule has 0 radical (unpaired) electrons. The highest BCUT2D eigenvalue weighted by Gasteiger charge is 2.32. The Hall–Kier alpha value is -2.21. The summed E-state index contributed by atoms with van der Waals surface area (Å²) in [5.74, 6) is 2.12. The van der Waals surface area contributed by atoms with E-state index < -0.39 is 0 Å². The Morgan fingerprint density at radius 3 is 2.73 bits per heavy atom. The van der Waals surface area contributed by atoms with E-state index in [4.69, 9.17) is 4.52 Å². The van der Waals surface area contributed by atoms with Crippen molar-refractivity contribution in [1.82, 2.24) is 15.0 Å². The number of piperidine rings is 1. The summed E-state index contributed by atoms with van der Waals surface area (Å²) in [4.78, 5) is 21.7. The standard InChI is InChI=1S/C20H26N4O2/c1-14(2)19-21-18(26-22-19)13-23-10-7-16(8-11-23)20(25)24-12-9-15-5-3-4-6-17(15)24/h3-6,14,16H,7-13H2,1-2H3. The van der Waals surface area contributed by atoms with Crippen LogP contribution in [0, 0.1) is 5.92 Å². The minimum Gasteiger partial charge on any atom is -0.338 e. The summed E-state index contributed by atoms with van der Waals surface area (Å²) < 4.78 is 5.35. The van der Waals surface area contributed by atoms with Gasteiger partial charge in [-0.2, -0.15) is 4.98 Å². The van der Waals surface area contributed by atoms with Gasteiger partial charge in [0.1, 0.15) is 0 Å². The summed E-state index contributed by atoms with van der Waals surface area (Å²) in [6.07, 6.45) is 2.75. The van der Waals surface area contributed by atoms with Crippen LogP contribution in [0.5, 0.6) is 0 Å². The summed E-state index contributed by atoms with van der Waals surface area (Å²) >= 11 is 0. The van der Waals surface area contributed by atoms with Crippen molar-refractivity contribution in [2.45, 2.75) is 45.6 Å². The van der Waals surface area contributed by atoms with E-state index in [1.807, 2.05) is 17.0 Å². The van der Waals surface area contributed by atoms with Crippen molar-refractivity contribution in [2.24, 2.45) is 5.92 Å². The van der Waals surface area contributed by atoms with E-state index in [1.165, 1.54) is 5.56 Å². The van der Waals surface area contributed by atoms with Gasteiger partial charge in [-0.1, -0.05) is 37.2 Å². The molecule has 3 heterocycles. The third-order valence-corrected chi connectivity index (χ3v) is 5.45. The quantitative estimate of drug-likeness (QED) is 0.845. The third kappa shape index (κ3) is 3.38. The minimum absolute atomic E-state index is 0.117. The molecule has 2 aliphatic heterocycles. The van der Waals surface area contributed by atoms with Gasteiger partial charge in [-0.15, -0.1) is 0 Å². The highest BCUT2D eigenvalue weighted by molar-refractivity contribution is 5.97. The molecule has 0 bridgehead atoms. The molecule has 6 heteroatoms. The van der Waals surface area contributed by atoms with E-state index >= 15 is 0 Å². The van der Waals surface area contributed by atoms with Gasteiger partial charge >= 0.3 is 0 Å². The number of para-hydroxylation sites is 1. The van der Waals surface area contributed by atoms with E-state index in [-0.39, 0.29) is 17.7 Å². The van der Waals surface area contributed by atoms with Gasteiger partial charge in [0.2, 0.25) is 11.8 Å². The van der Waals surface area contributed by atoms with Crippen molar-refractivity contribution in [3.63, 3.8) is 0 Å². The van der Waals surface area contributed by atoms with Crippen LogP contribution in [0.4, 0.5) is 5.69 Å². The number of hydrogen-bond acceptors (Lipinski definition) is 5. The van der Waals surface area contributed by atoms with Crippen LogP contribution in [0.25, 0.3) is 0 Å². The Balaban J connectivity index is 1.33. The molecule has 2 aromatic rings. The van der Waals surface area contributed by atoms with Crippen molar-refractivity contribution in [1.29, 1.82) is 0 Å². The number of carbonyl (C=O) groups is 1. The zero-order valence-electron chi connectivity index (χ0n) is 15.5. The maximum atomic E-state index is 13.0. The zero-order valence-corrected chi connectivity index (χ0v) is 15.5. The van der Waals surface area contributed by atoms with Gasteiger partial charge in [0.15, 0.2) is 5.82 Å². The molecular weight excluding hydrogens is 328 g/mol. The Morgan fingerprint density at radius 1 is 1.23 bits per heavy atom. The molecule has 0 saturated carbocycles. The number of likely N-dealkylation sites (tertiary alicyclic amines) is 1. The van der Waals surface area contributed by atoms with Crippen molar-refractivity contribution in [3.05, 3.63) is 41.5 Å². The summed E-state index contributed by atoms with van der Waals surface area (Å²) in [5, 5.41) is 4.02. The Labute approximate surface area is 154 Å². The number of anilines is 1. The molecule has 0 spiro atoms. The number of benzene rings is 1. The van der Waals surface area contributed by atoms with Gasteiger partial charge < -0.3 is 9.42 Å². The normalized spacial score (nSPS) is 18.5. The molecule has 1 aromatic heterocycles. The number of rotatable bonds is 4. The van der Waals surface area contributed by atoms with Crippen LogP contribution in [0.15, 0.2) is 28.8 Å². The maximum Gasteiger partial charge on any atom is 0.240 e. The molecule has 4 rings (SSSR count). The van der Waals surface area contributed by atoms with E-state index in [0.29, 0.717) is 12.4 Å². The first-order valence-corrected chi connectivity index (χ1v) is 9.56. The molecule has 138 valence electrons. The molecule has 1 aromatic carbocycles. The van der Waals surface area contributed by atoms with Crippen molar-refractivity contribution in [3.8, 4) is 0 Å². The number of fused-ring (bicyclic) bond motifs is 1. The number of aromatic nitrogens is 2. The molecule has 2 aliphatic rings. The highest BCUT2D eigenvalue weighted by Crippen LogP contribution is 2.31. The number of hydrogen-bond donors (Lipinski definition) is 0. The molecule has 0 unspecified atom stereocenters. The van der Waals surface area contributed by atoms with E-state index in [1.54, 1.807) is 0 Å². The monoisotopic (exact) mass is 354 g/mol. The fraction of sp³-hybridized carbons (Fsp3) is 0.550. The molecule has 1 amide bonds. The van der Waals surface area contributed by atoms with Gasteiger partial charge in [-0.3, -0.25) is 9.69 Å². The van der Waals surface area contributed by atoms with Gasteiger partial charge in [-0.25, -0.2) is 0 Å². The first-order valence-electron chi connectivity index (χ1n) is 9.56. The van der Waals surface area contributed by atoms with Crippen LogP contribution >= 0.6 is 0 Å². The first-order chi connectivity index (χ1) is 12.6. The largest absolute Gasteiger partial charge is 0.338 e. The van der Waals surface area contributed by atoms with E-state index in [0.717, 1.165) is 50.4 Å². The van der Waals surface area contributed by atoms with Crippen LogP contribution < -0.4 is 4.90 Å². The average Bonchev–Trinajstić information content (AvgIpc) is 3.29. The fourth-order valence-corrected chi connectivity index (χ4v) is 3.88. The van der Waals surface area contributed by atoms with E-state index in [2.05, 4.69) is 41.0 Å². The number of amides is 1. The van der Waals surface area contributed by atoms with Gasteiger partial charge in [0.25, 0.3) is 0 Å². The smallest absolute Gasteiger partial charge is 0.240 e. The summed E-state index contributed by atoms with van der Waals surface area (Å²) in [5.41, 5.74) is 2.39. The second kappa shape index (κ2) is 7.19. The highest BCUT2D eigenvalue weighted by atomic mass is 16.5. The average molecular weight is 354 g/mol. The molecule has 0 atom stereocenters. The molecule has 0 aliphatic carbocycles. The van der Waals surface area contributed by atoms with E-state index in [9.17, 15) is 4.79 Å². The summed E-state index contributed by atoms with van der Waals surface area (Å²) in [6, 6.07) is 8.26. The lowest BCUT2D eigenvalue weighted by Crippen LogP contribution is -2.42. The van der Waals surface area contributed by atoms with Gasteiger partial charge in [0, 0.05) is 24.1 Å². The van der Waals surface area contributed by atoms with Crippen LogP contribution in [-0.2, 0) is 17.8 Å². The van der Waals surface area contributed by atoms with Crippen molar-refractivity contribution < 1.29 is 9.32 Å². The van der Waals surface area contributed by atoms with Crippen LogP contribution in [0.2, 0.25) is 0 Å². The summed E-state index contributed by atoms with van der Waals surface area (Å²) in [7, 11) is 0. The van der Waals surface area contributed by atoms with Gasteiger partial charge in [0.05, 0.1) is 6.54 Å². The zero-order chi connectivity index (χ0) is 18.1. The topological polar surface area (TPSA) is 62.5 Å². The van der Waals surface area contributed by atoms with Gasteiger partial charge in [-0.05, 0) is 44.0 Å². The van der Waals surface area contributed by atoms with Crippen LogP contribution in [0.1, 0.15) is 49.9 Å². The predicted octanol–water partition coefficient (Wildman–Crippen LogP) is 2.99. The lowest BCUT2D eigenvalue weighted by atomic mass is 9.95. The lowest BCUT2D eigenvalue weighted by molar-refractivity contribution is -0.123. The second-order valence-corrected chi connectivity index (χ2v) is 7.62. The summed E-state index contributed by atoms with van der Waals surface area (Å²) in [6.45, 7) is 7.40. The molecule has 1 fully saturated rings.